The quantitative estimate of drug-likeness (QED) is 0.729. The molecular formula is C23H27ClN2O2. The molecule has 4 nitrogen and oxygen atoms in total. The SMILES string of the molecule is O=C(c1ccc(Cl)cc1)c1cc(CN2CCCC2)c(O)c(CN2CCCC2)c1. The van der Waals surface area contributed by atoms with Gasteiger partial charge in [-0.1, -0.05) is 11.6 Å². The Kier molecular flexibility index (Phi) is 6.00. The lowest BCUT2D eigenvalue weighted by Crippen LogP contribution is -2.21. The number of carbonyl (C=O) groups is 1. The van der Waals surface area contributed by atoms with Crippen LogP contribution in [-0.2, 0) is 13.1 Å². The van der Waals surface area contributed by atoms with Crippen LogP contribution in [0.2, 0.25) is 5.02 Å². The third-order valence-corrected chi connectivity index (χ3v) is 6.07. The molecule has 0 unspecified atom stereocenters. The normalized spacial score (nSPS) is 18.0. The van der Waals surface area contributed by atoms with E-state index in [-0.39, 0.29) is 5.78 Å². The van der Waals surface area contributed by atoms with Gasteiger partial charge >= 0.3 is 0 Å². The largest absolute Gasteiger partial charge is 0.507 e. The Morgan fingerprint density at radius 2 is 1.29 bits per heavy atom. The van der Waals surface area contributed by atoms with Gasteiger partial charge in [0.05, 0.1) is 0 Å². The maximum absolute atomic E-state index is 13.1. The summed E-state index contributed by atoms with van der Waals surface area (Å²) in [6.07, 6.45) is 4.80. The molecule has 0 amide bonds. The minimum absolute atomic E-state index is 0.0259. The summed E-state index contributed by atoms with van der Waals surface area (Å²) < 4.78 is 0. The van der Waals surface area contributed by atoms with Crippen molar-refractivity contribution in [3.8, 4) is 5.75 Å². The van der Waals surface area contributed by atoms with Crippen LogP contribution in [0.15, 0.2) is 36.4 Å². The van der Waals surface area contributed by atoms with Crippen molar-refractivity contribution in [1.82, 2.24) is 9.80 Å². The van der Waals surface area contributed by atoms with Gasteiger partial charge in [-0.25, -0.2) is 0 Å². The van der Waals surface area contributed by atoms with Crippen molar-refractivity contribution in [2.24, 2.45) is 0 Å². The van der Waals surface area contributed by atoms with Crippen molar-refractivity contribution >= 4 is 17.4 Å². The Morgan fingerprint density at radius 3 is 1.75 bits per heavy atom. The number of phenols is 1. The number of hydrogen-bond donors (Lipinski definition) is 1. The first-order chi connectivity index (χ1) is 13.6. The van der Waals surface area contributed by atoms with Crippen molar-refractivity contribution in [3.05, 3.63) is 63.7 Å². The van der Waals surface area contributed by atoms with E-state index >= 15 is 0 Å². The van der Waals surface area contributed by atoms with Crippen LogP contribution in [0, 0.1) is 0 Å². The number of benzene rings is 2. The zero-order chi connectivity index (χ0) is 19.5. The molecule has 0 atom stereocenters. The van der Waals surface area contributed by atoms with Gasteiger partial charge in [-0.15, -0.1) is 0 Å². The average molecular weight is 399 g/mol. The maximum Gasteiger partial charge on any atom is 0.193 e. The van der Waals surface area contributed by atoms with E-state index in [1.54, 1.807) is 24.3 Å². The summed E-state index contributed by atoms with van der Waals surface area (Å²) in [5, 5.41) is 11.6. The molecule has 2 aromatic carbocycles. The van der Waals surface area contributed by atoms with Gasteiger partial charge in [0.2, 0.25) is 0 Å². The van der Waals surface area contributed by atoms with E-state index in [2.05, 4.69) is 9.80 Å². The highest BCUT2D eigenvalue weighted by Crippen LogP contribution is 2.30. The molecule has 148 valence electrons. The fourth-order valence-electron chi connectivity index (χ4n) is 4.26. The Balaban J connectivity index is 1.67. The molecule has 2 saturated heterocycles. The molecule has 0 aromatic heterocycles. The molecular weight excluding hydrogens is 372 g/mol. The van der Waals surface area contributed by atoms with E-state index in [0.29, 0.717) is 35.0 Å². The molecule has 4 rings (SSSR count). The highest BCUT2D eigenvalue weighted by molar-refractivity contribution is 6.30. The first-order valence-electron chi connectivity index (χ1n) is 10.2. The van der Waals surface area contributed by atoms with Gasteiger partial charge in [-0.3, -0.25) is 14.6 Å². The predicted molar refractivity (Wildman–Crippen MR) is 112 cm³/mol. The van der Waals surface area contributed by atoms with Gasteiger partial charge in [-0.2, -0.15) is 0 Å². The number of carbonyl (C=O) groups excluding carboxylic acids is 1. The van der Waals surface area contributed by atoms with Crippen LogP contribution in [-0.4, -0.2) is 46.9 Å². The molecule has 1 N–H and O–H groups in total. The summed E-state index contributed by atoms with van der Waals surface area (Å²) >= 11 is 5.97. The van der Waals surface area contributed by atoms with Crippen LogP contribution in [0.5, 0.6) is 5.75 Å². The van der Waals surface area contributed by atoms with Gasteiger partial charge < -0.3 is 5.11 Å². The molecule has 0 radical (unpaired) electrons. The second-order valence-corrected chi connectivity index (χ2v) is 8.38. The van der Waals surface area contributed by atoms with Crippen LogP contribution in [0.1, 0.15) is 52.7 Å². The predicted octanol–water partition coefficient (Wildman–Crippen LogP) is 4.47. The Bertz CT molecular complexity index is 799. The fraction of sp³-hybridized carbons (Fsp3) is 0.435. The summed E-state index contributed by atoms with van der Waals surface area (Å²) in [7, 11) is 0. The number of likely N-dealkylation sites (tertiary alicyclic amines) is 2. The van der Waals surface area contributed by atoms with Crippen molar-refractivity contribution in [1.29, 1.82) is 0 Å². The van der Waals surface area contributed by atoms with E-state index in [9.17, 15) is 9.90 Å². The number of rotatable bonds is 6. The third kappa shape index (κ3) is 4.40. The van der Waals surface area contributed by atoms with E-state index in [1.807, 2.05) is 12.1 Å². The van der Waals surface area contributed by atoms with Gasteiger partial charge in [0.25, 0.3) is 0 Å². The number of aromatic hydroxyl groups is 1. The molecule has 2 heterocycles. The molecule has 2 fully saturated rings. The second kappa shape index (κ2) is 8.64. The molecule has 2 aliphatic heterocycles. The van der Waals surface area contributed by atoms with Crippen LogP contribution in [0.4, 0.5) is 0 Å². The lowest BCUT2D eigenvalue weighted by Gasteiger charge is -2.21. The van der Waals surface area contributed by atoms with Crippen LogP contribution in [0.25, 0.3) is 0 Å². The molecule has 0 spiro atoms. The highest BCUT2D eigenvalue weighted by atomic mass is 35.5. The molecule has 0 aliphatic carbocycles. The van der Waals surface area contributed by atoms with Gasteiger partial charge in [0.15, 0.2) is 5.78 Å². The van der Waals surface area contributed by atoms with Gasteiger partial charge in [-0.05, 0) is 88.3 Å². The Morgan fingerprint density at radius 1 is 0.821 bits per heavy atom. The number of ketones is 1. The minimum atomic E-state index is -0.0259. The lowest BCUT2D eigenvalue weighted by atomic mass is 9.97. The number of halogens is 1. The summed E-state index contributed by atoms with van der Waals surface area (Å²) in [6, 6.07) is 10.8. The first kappa shape index (κ1) is 19.4. The molecule has 0 bridgehead atoms. The molecule has 28 heavy (non-hydrogen) atoms. The summed E-state index contributed by atoms with van der Waals surface area (Å²) in [5.74, 6) is 0.327. The van der Waals surface area contributed by atoms with Crippen LogP contribution in [0.3, 0.4) is 0 Å². The van der Waals surface area contributed by atoms with Crippen molar-refractivity contribution < 1.29 is 9.90 Å². The smallest absolute Gasteiger partial charge is 0.193 e. The lowest BCUT2D eigenvalue weighted by molar-refractivity contribution is 0.103. The zero-order valence-electron chi connectivity index (χ0n) is 16.2. The molecule has 5 heteroatoms. The average Bonchev–Trinajstić information content (AvgIpc) is 3.39. The highest BCUT2D eigenvalue weighted by Gasteiger charge is 2.21. The number of phenolic OH excluding ortho intramolecular Hbond substituents is 1. The summed E-state index contributed by atoms with van der Waals surface area (Å²) in [4.78, 5) is 17.8. The fourth-order valence-corrected chi connectivity index (χ4v) is 4.39. The summed E-state index contributed by atoms with van der Waals surface area (Å²) in [6.45, 7) is 5.60. The van der Waals surface area contributed by atoms with Crippen molar-refractivity contribution in [2.45, 2.75) is 38.8 Å². The van der Waals surface area contributed by atoms with Gasteiger partial charge in [0, 0.05) is 40.4 Å². The maximum atomic E-state index is 13.1. The molecule has 2 aliphatic rings. The number of nitrogens with zero attached hydrogens (tertiary/aromatic N) is 2. The third-order valence-electron chi connectivity index (χ3n) is 5.82. The molecule has 2 aromatic rings. The van der Waals surface area contributed by atoms with E-state index in [1.165, 1.54) is 25.7 Å². The van der Waals surface area contributed by atoms with E-state index in [4.69, 9.17) is 11.6 Å². The topological polar surface area (TPSA) is 43.8 Å². The molecule has 0 saturated carbocycles. The van der Waals surface area contributed by atoms with E-state index < -0.39 is 0 Å². The van der Waals surface area contributed by atoms with Crippen LogP contribution >= 0.6 is 11.6 Å². The van der Waals surface area contributed by atoms with Crippen LogP contribution < -0.4 is 0 Å². The second-order valence-electron chi connectivity index (χ2n) is 7.95. The first-order valence-corrected chi connectivity index (χ1v) is 10.6. The zero-order valence-corrected chi connectivity index (χ0v) is 16.9. The monoisotopic (exact) mass is 398 g/mol. The number of hydrogen-bond acceptors (Lipinski definition) is 4. The standard InChI is InChI=1S/C23H27ClN2O2/c24-21-7-5-17(6-8-21)22(27)18-13-19(15-25-9-1-2-10-25)23(28)20(14-18)16-26-11-3-4-12-26/h5-8,13-14,28H,1-4,9-12,15-16H2. The Hall–Kier alpha value is -1.88. The minimum Gasteiger partial charge on any atom is -0.507 e. The van der Waals surface area contributed by atoms with Crippen molar-refractivity contribution in [2.75, 3.05) is 26.2 Å². The van der Waals surface area contributed by atoms with E-state index in [0.717, 1.165) is 37.3 Å². The van der Waals surface area contributed by atoms with Gasteiger partial charge in [0.1, 0.15) is 5.75 Å². The van der Waals surface area contributed by atoms with Crippen molar-refractivity contribution in [3.63, 3.8) is 0 Å². The summed E-state index contributed by atoms with van der Waals surface area (Å²) in [5.41, 5.74) is 2.98. The Labute approximate surface area is 171 Å².